The van der Waals surface area contributed by atoms with Crippen LogP contribution in [0.25, 0.3) is 0 Å². The molecule has 0 aliphatic carbocycles. The highest BCUT2D eigenvalue weighted by molar-refractivity contribution is 5.92. The molecule has 1 saturated heterocycles. The third-order valence-corrected chi connectivity index (χ3v) is 4.43. The van der Waals surface area contributed by atoms with Crippen molar-refractivity contribution in [2.45, 2.75) is 32.7 Å². The van der Waals surface area contributed by atoms with Gasteiger partial charge in [-0.2, -0.15) is 0 Å². The number of likely N-dealkylation sites (tertiary alicyclic amines) is 1. The minimum atomic E-state index is -0.516. The molecule has 7 heteroatoms. The smallest absolute Gasteiger partial charge is 0.261 e. The lowest BCUT2D eigenvalue weighted by Gasteiger charge is -2.29. The van der Waals surface area contributed by atoms with Crippen LogP contribution >= 0.6 is 0 Å². The van der Waals surface area contributed by atoms with Crippen LogP contribution in [0.1, 0.15) is 37.0 Å². The van der Waals surface area contributed by atoms with E-state index >= 15 is 0 Å². The first-order valence-corrected chi connectivity index (χ1v) is 8.58. The molecule has 0 radical (unpaired) electrons. The molecule has 0 aromatic heterocycles. The zero-order valence-corrected chi connectivity index (χ0v) is 14.7. The highest BCUT2D eigenvalue weighted by Crippen LogP contribution is 2.20. The van der Waals surface area contributed by atoms with Crippen molar-refractivity contribution in [3.63, 3.8) is 0 Å². The van der Waals surface area contributed by atoms with Gasteiger partial charge in [-0.05, 0) is 51.0 Å². The molecule has 1 atom stereocenters. The molecule has 1 aliphatic heterocycles. The zero-order chi connectivity index (χ0) is 18.4. The molecule has 2 rings (SSSR count). The molecule has 3 amide bonds. The molecule has 0 bridgehead atoms. The van der Waals surface area contributed by atoms with E-state index in [1.807, 2.05) is 13.8 Å². The molecular formula is C18H25N3O4. The van der Waals surface area contributed by atoms with Crippen LogP contribution in [-0.4, -0.2) is 59.8 Å². The lowest BCUT2D eigenvalue weighted by Crippen LogP contribution is -2.48. The third-order valence-electron chi connectivity index (χ3n) is 4.43. The number of hydrogen-bond donors (Lipinski definition) is 1. The summed E-state index contributed by atoms with van der Waals surface area (Å²) in [6, 6.07) is 5.88. The van der Waals surface area contributed by atoms with Crippen LogP contribution in [0.15, 0.2) is 24.3 Å². The molecule has 1 aromatic rings. The molecule has 136 valence electrons. The van der Waals surface area contributed by atoms with Crippen LogP contribution in [0.3, 0.4) is 0 Å². The molecule has 1 unspecified atom stereocenters. The number of carbonyl (C=O) groups is 3. The van der Waals surface area contributed by atoms with Crippen molar-refractivity contribution in [3.8, 4) is 5.75 Å². The molecular weight excluding hydrogens is 322 g/mol. The van der Waals surface area contributed by atoms with Crippen LogP contribution in [-0.2, 0) is 9.59 Å². The summed E-state index contributed by atoms with van der Waals surface area (Å²) in [5.41, 5.74) is 5.56. The summed E-state index contributed by atoms with van der Waals surface area (Å²) in [5, 5.41) is 0. The van der Waals surface area contributed by atoms with Crippen LogP contribution in [0.5, 0.6) is 5.75 Å². The van der Waals surface area contributed by atoms with Gasteiger partial charge in [-0.15, -0.1) is 0 Å². The van der Waals surface area contributed by atoms with E-state index in [2.05, 4.69) is 0 Å². The first-order chi connectivity index (χ1) is 12.0. The van der Waals surface area contributed by atoms with Crippen molar-refractivity contribution in [2.75, 3.05) is 26.2 Å². The second-order valence-corrected chi connectivity index (χ2v) is 5.93. The summed E-state index contributed by atoms with van der Waals surface area (Å²) < 4.78 is 5.49. The Bertz CT molecular complexity index is 626. The molecule has 0 saturated carbocycles. The number of hydrogen-bond acceptors (Lipinski definition) is 4. The first-order valence-electron chi connectivity index (χ1n) is 8.58. The normalized spacial score (nSPS) is 16.6. The lowest BCUT2D eigenvalue weighted by atomic mass is 10.2. The van der Waals surface area contributed by atoms with E-state index in [9.17, 15) is 14.4 Å². The average molecular weight is 347 g/mol. The van der Waals surface area contributed by atoms with Gasteiger partial charge in [0.1, 0.15) is 11.8 Å². The van der Waals surface area contributed by atoms with E-state index in [0.717, 1.165) is 6.42 Å². The van der Waals surface area contributed by atoms with Gasteiger partial charge in [0.25, 0.3) is 5.91 Å². The van der Waals surface area contributed by atoms with Crippen molar-refractivity contribution in [1.82, 2.24) is 9.80 Å². The van der Waals surface area contributed by atoms with Crippen molar-refractivity contribution >= 4 is 17.7 Å². The Kier molecular flexibility index (Phi) is 6.38. The monoisotopic (exact) mass is 347 g/mol. The Labute approximate surface area is 147 Å². The predicted octanol–water partition coefficient (Wildman–Crippen LogP) is 1.02. The summed E-state index contributed by atoms with van der Waals surface area (Å²) in [7, 11) is 0. The summed E-state index contributed by atoms with van der Waals surface area (Å²) in [6.07, 6.45) is 1.51. The predicted molar refractivity (Wildman–Crippen MR) is 93.1 cm³/mol. The average Bonchev–Trinajstić information content (AvgIpc) is 3.10. The number of benzene rings is 1. The van der Waals surface area contributed by atoms with Gasteiger partial charge in [0.15, 0.2) is 6.61 Å². The van der Waals surface area contributed by atoms with E-state index in [1.54, 1.807) is 34.1 Å². The van der Waals surface area contributed by atoms with E-state index in [1.165, 1.54) is 0 Å². The lowest BCUT2D eigenvalue weighted by molar-refractivity contribution is -0.144. The van der Waals surface area contributed by atoms with Gasteiger partial charge in [-0.25, -0.2) is 0 Å². The maximum atomic E-state index is 12.5. The summed E-state index contributed by atoms with van der Waals surface area (Å²) in [5.74, 6) is -0.245. The third kappa shape index (κ3) is 4.49. The first kappa shape index (κ1) is 18.8. The Morgan fingerprint density at radius 2 is 1.84 bits per heavy atom. The highest BCUT2D eigenvalue weighted by Gasteiger charge is 2.35. The van der Waals surface area contributed by atoms with Crippen molar-refractivity contribution in [1.29, 1.82) is 0 Å². The number of amides is 3. The zero-order valence-electron chi connectivity index (χ0n) is 14.7. The molecule has 25 heavy (non-hydrogen) atoms. The van der Waals surface area contributed by atoms with Crippen LogP contribution in [0.4, 0.5) is 0 Å². The fourth-order valence-corrected chi connectivity index (χ4v) is 3.01. The van der Waals surface area contributed by atoms with Crippen LogP contribution in [0.2, 0.25) is 0 Å². The second kappa shape index (κ2) is 8.50. The summed E-state index contributed by atoms with van der Waals surface area (Å²) in [6.45, 7) is 5.56. The Balaban J connectivity index is 1.95. The van der Waals surface area contributed by atoms with Gasteiger partial charge >= 0.3 is 0 Å². The fourth-order valence-electron chi connectivity index (χ4n) is 3.01. The Morgan fingerprint density at radius 3 is 2.40 bits per heavy atom. The minimum Gasteiger partial charge on any atom is -0.484 e. The molecule has 1 heterocycles. The number of primary amides is 1. The largest absolute Gasteiger partial charge is 0.484 e. The van der Waals surface area contributed by atoms with E-state index < -0.39 is 11.9 Å². The molecule has 2 N–H and O–H groups in total. The Morgan fingerprint density at radius 1 is 1.20 bits per heavy atom. The highest BCUT2D eigenvalue weighted by atomic mass is 16.5. The maximum Gasteiger partial charge on any atom is 0.261 e. The molecule has 7 nitrogen and oxygen atoms in total. The van der Waals surface area contributed by atoms with E-state index in [0.29, 0.717) is 37.4 Å². The minimum absolute atomic E-state index is 0.00154. The van der Waals surface area contributed by atoms with Gasteiger partial charge in [-0.3, -0.25) is 14.4 Å². The number of likely N-dealkylation sites (N-methyl/N-ethyl adjacent to an activating group) is 1. The maximum absolute atomic E-state index is 12.5. The number of rotatable bonds is 7. The molecule has 1 aromatic carbocycles. The molecule has 0 spiro atoms. The quantitative estimate of drug-likeness (QED) is 0.797. The number of ether oxygens (including phenoxy) is 1. The van der Waals surface area contributed by atoms with Crippen LogP contribution < -0.4 is 10.5 Å². The van der Waals surface area contributed by atoms with Gasteiger partial charge in [0, 0.05) is 25.2 Å². The number of nitrogens with zero attached hydrogens (tertiary/aromatic N) is 2. The summed E-state index contributed by atoms with van der Waals surface area (Å²) in [4.78, 5) is 39.4. The van der Waals surface area contributed by atoms with Crippen molar-refractivity contribution in [2.24, 2.45) is 5.73 Å². The SMILES string of the molecule is CCN(CC)C(=O)C1CCCN1C(=O)COc1ccc(C(N)=O)cc1. The standard InChI is InChI=1S/C18H25N3O4/c1-3-20(4-2)18(24)15-6-5-11-21(15)16(22)12-25-14-9-7-13(8-10-14)17(19)23/h7-10,15H,3-6,11-12H2,1-2H3,(H2,19,23). The van der Waals surface area contributed by atoms with Crippen LogP contribution in [0, 0.1) is 0 Å². The molecule has 1 fully saturated rings. The van der Waals surface area contributed by atoms with Gasteiger partial charge < -0.3 is 20.3 Å². The molecule has 1 aliphatic rings. The number of carbonyl (C=O) groups excluding carboxylic acids is 3. The van der Waals surface area contributed by atoms with Crippen molar-refractivity contribution < 1.29 is 19.1 Å². The van der Waals surface area contributed by atoms with Gasteiger partial charge in [0.2, 0.25) is 11.8 Å². The topological polar surface area (TPSA) is 92.9 Å². The Hall–Kier alpha value is -2.57. The number of nitrogens with two attached hydrogens (primary N) is 1. The van der Waals surface area contributed by atoms with E-state index in [4.69, 9.17) is 10.5 Å². The van der Waals surface area contributed by atoms with Gasteiger partial charge in [-0.1, -0.05) is 0 Å². The van der Waals surface area contributed by atoms with E-state index in [-0.39, 0.29) is 18.4 Å². The van der Waals surface area contributed by atoms with Crippen molar-refractivity contribution in [3.05, 3.63) is 29.8 Å². The second-order valence-electron chi connectivity index (χ2n) is 5.93. The fraction of sp³-hybridized carbons (Fsp3) is 0.500. The van der Waals surface area contributed by atoms with Gasteiger partial charge in [0.05, 0.1) is 0 Å². The summed E-state index contributed by atoms with van der Waals surface area (Å²) >= 11 is 0.